The number of nitrogens with zero attached hydrogens (tertiary/aromatic N) is 2. The first kappa shape index (κ1) is 24.4. The highest BCUT2D eigenvalue weighted by molar-refractivity contribution is 14.0. The van der Waals surface area contributed by atoms with Crippen molar-refractivity contribution in [2.75, 3.05) is 46.4 Å². The highest BCUT2D eigenvalue weighted by Crippen LogP contribution is 2.21. The summed E-state index contributed by atoms with van der Waals surface area (Å²) in [4.78, 5) is 18.5. The van der Waals surface area contributed by atoms with Crippen LogP contribution < -0.4 is 10.6 Å². The van der Waals surface area contributed by atoms with Gasteiger partial charge < -0.3 is 20.1 Å². The molecule has 158 valence electrons. The average molecular weight is 496 g/mol. The van der Waals surface area contributed by atoms with Gasteiger partial charge in [0.1, 0.15) is 6.10 Å². The van der Waals surface area contributed by atoms with Gasteiger partial charge in [-0.2, -0.15) is 0 Å². The van der Waals surface area contributed by atoms with Gasteiger partial charge in [0.2, 0.25) is 0 Å². The molecule has 2 N–H and O–H groups in total. The van der Waals surface area contributed by atoms with Crippen LogP contribution in [-0.2, 0) is 14.3 Å². The van der Waals surface area contributed by atoms with E-state index < -0.39 is 0 Å². The van der Waals surface area contributed by atoms with Crippen LogP contribution in [0.2, 0.25) is 0 Å². The van der Waals surface area contributed by atoms with E-state index in [0.717, 1.165) is 58.1 Å². The number of carbonyl (C=O) groups is 1. The van der Waals surface area contributed by atoms with Crippen LogP contribution >= 0.6 is 24.0 Å². The molecule has 0 bridgehead atoms. The minimum absolute atomic E-state index is 0. The molecule has 2 aliphatic rings. The Kier molecular flexibility index (Phi) is 11.6. The molecule has 27 heavy (non-hydrogen) atoms. The number of guanidine groups is 1. The highest BCUT2D eigenvalue weighted by Gasteiger charge is 2.28. The fourth-order valence-corrected chi connectivity index (χ4v) is 3.49. The van der Waals surface area contributed by atoms with Crippen molar-refractivity contribution in [1.29, 1.82) is 0 Å². The Morgan fingerprint density at radius 2 is 1.89 bits per heavy atom. The number of esters is 1. The molecule has 1 saturated carbocycles. The van der Waals surface area contributed by atoms with Gasteiger partial charge in [0.05, 0.1) is 13.2 Å². The Balaban J connectivity index is 0.00000364. The van der Waals surface area contributed by atoms with Gasteiger partial charge in [-0.3, -0.25) is 14.7 Å². The lowest BCUT2D eigenvalue weighted by molar-refractivity contribution is -0.148. The zero-order valence-corrected chi connectivity index (χ0v) is 19.4. The van der Waals surface area contributed by atoms with E-state index in [1.54, 1.807) is 7.05 Å². The molecular formula is C19H37IN4O3. The van der Waals surface area contributed by atoms with Crippen LogP contribution in [0.25, 0.3) is 0 Å². The van der Waals surface area contributed by atoms with Crippen LogP contribution in [-0.4, -0.2) is 74.9 Å². The van der Waals surface area contributed by atoms with E-state index in [9.17, 15) is 4.79 Å². The fourth-order valence-electron chi connectivity index (χ4n) is 3.49. The second kappa shape index (κ2) is 12.8. The van der Waals surface area contributed by atoms with Crippen LogP contribution in [0.5, 0.6) is 0 Å². The predicted molar refractivity (Wildman–Crippen MR) is 119 cm³/mol. The zero-order chi connectivity index (χ0) is 18.8. The van der Waals surface area contributed by atoms with Crippen molar-refractivity contribution in [3.8, 4) is 0 Å². The Labute approximate surface area is 181 Å². The maximum Gasteiger partial charge on any atom is 0.306 e. The number of morpholine rings is 1. The highest BCUT2D eigenvalue weighted by atomic mass is 127. The van der Waals surface area contributed by atoms with Gasteiger partial charge in [0.15, 0.2) is 5.96 Å². The van der Waals surface area contributed by atoms with Gasteiger partial charge in [-0.1, -0.05) is 0 Å². The summed E-state index contributed by atoms with van der Waals surface area (Å²) < 4.78 is 10.9. The molecular weight excluding hydrogens is 459 g/mol. The SMILES string of the molecule is CN=C(NCCCC(=O)OC1CCCC1)NCC(C)(C)N1CCOCC1.I. The maximum absolute atomic E-state index is 11.8. The number of hydrogen-bond donors (Lipinski definition) is 2. The van der Waals surface area contributed by atoms with Crippen LogP contribution in [0.3, 0.4) is 0 Å². The molecule has 0 aromatic heterocycles. The van der Waals surface area contributed by atoms with E-state index in [4.69, 9.17) is 9.47 Å². The third kappa shape index (κ3) is 8.95. The maximum atomic E-state index is 11.8. The van der Waals surface area contributed by atoms with E-state index in [0.29, 0.717) is 13.0 Å². The van der Waals surface area contributed by atoms with Gasteiger partial charge in [-0.25, -0.2) is 0 Å². The molecule has 2 rings (SSSR count). The van der Waals surface area contributed by atoms with Crippen molar-refractivity contribution in [3.05, 3.63) is 0 Å². The smallest absolute Gasteiger partial charge is 0.306 e. The molecule has 0 atom stereocenters. The summed E-state index contributed by atoms with van der Waals surface area (Å²) >= 11 is 0. The monoisotopic (exact) mass is 496 g/mol. The number of carbonyl (C=O) groups excluding carboxylic acids is 1. The van der Waals surface area contributed by atoms with E-state index in [2.05, 4.69) is 34.4 Å². The molecule has 1 aliphatic carbocycles. The average Bonchev–Trinajstić information content (AvgIpc) is 3.14. The van der Waals surface area contributed by atoms with Crippen LogP contribution in [0.1, 0.15) is 52.4 Å². The quantitative estimate of drug-likeness (QED) is 0.176. The second-order valence-electron chi connectivity index (χ2n) is 7.76. The number of rotatable bonds is 8. The lowest BCUT2D eigenvalue weighted by Crippen LogP contribution is -2.56. The summed E-state index contributed by atoms with van der Waals surface area (Å²) in [6.07, 6.45) is 5.79. The van der Waals surface area contributed by atoms with E-state index >= 15 is 0 Å². The minimum Gasteiger partial charge on any atom is -0.462 e. The van der Waals surface area contributed by atoms with Gasteiger partial charge >= 0.3 is 5.97 Å². The van der Waals surface area contributed by atoms with Crippen LogP contribution in [0.15, 0.2) is 4.99 Å². The second-order valence-corrected chi connectivity index (χ2v) is 7.76. The predicted octanol–water partition coefficient (Wildman–Crippen LogP) is 2.15. The van der Waals surface area contributed by atoms with Gasteiger partial charge in [0.25, 0.3) is 0 Å². The van der Waals surface area contributed by atoms with Gasteiger partial charge in [-0.15, -0.1) is 24.0 Å². The van der Waals surface area contributed by atoms with Crippen molar-refractivity contribution in [1.82, 2.24) is 15.5 Å². The van der Waals surface area contributed by atoms with Crippen LogP contribution in [0, 0.1) is 0 Å². The minimum atomic E-state index is -0.0740. The third-order valence-electron chi connectivity index (χ3n) is 5.23. The van der Waals surface area contributed by atoms with E-state index in [-0.39, 0.29) is 41.6 Å². The molecule has 8 heteroatoms. The molecule has 0 unspecified atom stereocenters. The zero-order valence-electron chi connectivity index (χ0n) is 17.1. The summed E-state index contributed by atoms with van der Waals surface area (Å²) in [6.45, 7) is 9.50. The van der Waals surface area contributed by atoms with E-state index in [1.165, 1.54) is 12.8 Å². The first-order valence-corrected chi connectivity index (χ1v) is 9.98. The summed E-state index contributed by atoms with van der Waals surface area (Å²) in [7, 11) is 1.77. The number of aliphatic imine (C=N–C) groups is 1. The number of ether oxygens (including phenoxy) is 2. The number of nitrogens with one attached hydrogen (secondary N) is 2. The van der Waals surface area contributed by atoms with Crippen LogP contribution in [0.4, 0.5) is 0 Å². The van der Waals surface area contributed by atoms with Crippen molar-refractivity contribution in [2.45, 2.75) is 64.0 Å². The Hall–Kier alpha value is -0.610. The van der Waals surface area contributed by atoms with E-state index in [1.807, 2.05) is 0 Å². The summed E-state index contributed by atoms with van der Waals surface area (Å²) in [5, 5.41) is 6.68. The summed E-state index contributed by atoms with van der Waals surface area (Å²) in [5.74, 6) is 0.700. The molecule has 1 heterocycles. The summed E-state index contributed by atoms with van der Waals surface area (Å²) in [5.41, 5.74) is 0.0342. The molecule has 1 aliphatic heterocycles. The Morgan fingerprint density at radius 1 is 1.22 bits per heavy atom. The Bertz CT molecular complexity index is 462. The first-order chi connectivity index (χ1) is 12.5. The molecule has 0 radical (unpaired) electrons. The lowest BCUT2D eigenvalue weighted by atomic mass is 10.0. The molecule has 0 aromatic carbocycles. The lowest BCUT2D eigenvalue weighted by Gasteiger charge is -2.41. The number of halogens is 1. The molecule has 1 saturated heterocycles. The fraction of sp³-hybridized carbons (Fsp3) is 0.895. The topological polar surface area (TPSA) is 75.2 Å². The normalized spacial score (nSPS) is 19.4. The Morgan fingerprint density at radius 3 is 2.52 bits per heavy atom. The third-order valence-corrected chi connectivity index (χ3v) is 5.23. The summed E-state index contributed by atoms with van der Waals surface area (Å²) in [6, 6.07) is 0. The van der Waals surface area contributed by atoms with Crippen molar-refractivity contribution >= 4 is 35.9 Å². The molecule has 7 nitrogen and oxygen atoms in total. The van der Waals surface area contributed by atoms with Crippen molar-refractivity contribution in [2.24, 2.45) is 4.99 Å². The van der Waals surface area contributed by atoms with Gasteiger partial charge in [-0.05, 0) is 46.0 Å². The standard InChI is InChI=1S/C19H36N4O3.HI/c1-19(2,23-11-13-25-14-12-23)15-22-18(20-3)21-10-6-9-17(24)26-16-7-4-5-8-16;/h16H,4-15H2,1-3H3,(H2,20,21,22);1H. The largest absolute Gasteiger partial charge is 0.462 e. The number of hydrogen-bond acceptors (Lipinski definition) is 5. The van der Waals surface area contributed by atoms with Gasteiger partial charge in [0, 0.05) is 45.2 Å². The molecule has 2 fully saturated rings. The van der Waals surface area contributed by atoms with Crippen molar-refractivity contribution in [3.63, 3.8) is 0 Å². The molecule has 0 aromatic rings. The first-order valence-electron chi connectivity index (χ1n) is 9.98. The van der Waals surface area contributed by atoms with Crippen molar-refractivity contribution < 1.29 is 14.3 Å². The molecule has 0 amide bonds. The molecule has 0 spiro atoms.